The lowest BCUT2D eigenvalue weighted by atomic mass is 10.1. The minimum Gasteiger partial charge on any atom is -0.438 e. The fourth-order valence-corrected chi connectivity index (χ4v) is 3.60. The molecule has 4 N–H and O–H groups in total. The van der Waals surface area contributed by atoms with E-state index in [1.54, 1.807) is 52.0 Å². The van der Waals surface area contributed by atoms with Gasteiger partial charge in [0.05, 0.1) is 0 Å². The molecule has 0 aliphatic rings. The number of furan rings is 1. The minimum atomic E-state index is -3.88. The van der Waals surface area contributed by atoms with Crippen molar-refractivity contribution in [3.8, 4) is 0 Å². The van der Waals surface area contributed by atoms with Crippen molar-refractivity contribution in [3.63, 3.8) is 0 Å². The highest BCUT2D eigenvalue weighted by Gasteiger charge is 2.26. The second-order valence-corrected chi connectivity index (χ2v) is 8.61. The minimum absolute atomic E-state index is 0.156. The molecule has 0 fully saturated rings. The molecule has 0 aliphatic heterocycles. The second-order valence-electron chi connectivity index (χ2n) is 6.99. The van der Waals surface area contributed by atoms with Gasteiger partial charge in [0.25, 0.3) is 15.9 Å². The first-order chi connectivity index (χ1) is 13.0. The number of carbonyl (C=O) groups is 2. The Kier molecular flexibility index (Phi) is 6.47. The maximum atomic E-state index is 12.4. The Balaban J connectivity index is 2.10. The third-order valence-electron chi connectivity index (χ3n) is 3.23. The van der Waals surface area contributed by atoms with Gasteiger partial charge in [-0.15, -0.1) is 0 Å². The molecular weight excluding hydrogens is 384 g/mol. The predicted octanol–water partition coefficient (Wildman–Crippen LogP) is 2.75. The topological polar surface area (TPSA) is 130 Å². The number of carbonyl (C=O) groups excluding carboxylic acids is 2. The summed E-state index contributed by atoms with van der Waals surface area (Å²) in [6.45, 7) is 7.37. The van der Waals surface area contributed by atoms with Gasteiger partial charge in [-0.05, 0) is 58.0 Å². The molecule has 10 heteroatoms. The molecule has 28 heavy (non-hydrogen) atoms. The van der Waals surface area contributed by atoms with E-state index in [1.165, 1.54) is 12.1 Å². The maximum Gasteiger partial charge on any atom is 0.319 e. The van der Waals surface area contributed by atoms with Gasteiger partial charge in [0.2, 0.25) is 5.09 Å². The molecule has 1 aromatic carbocycles. The van der Waals surface area contributed by atoms with Gasteiger partial charge in [-0.3, -0.25) is 4.79 Å². The highest BCUT2D eigenvalue weighted by molar-refractivity contribution is 7.89. The monoisotopic (exact) mass is 408 g/mol. The van der Waals surface area contributed by atoms with E-state index in [0.29, 0.717) is 17.9 Å². The van der Waals surface area contributed by atoms with Gasteiger partial charge in [0.15, 0.2) is 5.76 Å². The van der Waals surface area contributed by atoms with E-state index in [-0.39, 0.29) is 16.9 Å². The van der Waals surface area contributed by atoms with Crippen molar-refractivity contribution in [1.29, 1.82) is 0 Å². The van der Waals surface area contributed by atoms with Crippen LogP contribution in [0.4, 0.5) is 16.2 Å². The molecule has 152 valence electrons. The first kappa shape index (κ1) is 21.5. The largest absolute Gasteiger partial charge is 0.438 e. The van der Waals surface area contributed by atoms with Crippen LogP contribution in [0, 0.1) is 0 Å². The summed E-state index contributed by atoms with van der Waals surface area (Å²) >= 11 is 0. The normalized spacial score (nSPS) is 11.7. The van der Waals surface area contributed by atoms with Crippen LogP contribution >= 0.6 is 0 Å². The molecule has 0 bridgehead atoms. The SMILES string of the molecule is CCNC(=O)Nc1cccc(NC(=O)c2ccc(S(=O)(=O)NC(C)(C)C)o2)c1. The van der Waals surface area contributed by atoms with E-state index in [1.807, 2.05) is 0 Å². The lowest BCUT2D eigenvalue weighted by Gasteiger charge is -2.18. The van der Waals surface area contributed by atoms with E-state index in [4.69, 9.17) is 4.42 Å². The molecule has 0 saturated heterocycles. The third kappa shape index (κ3) is 6.10. The van der Waals surface area contributed by atoms with Crippen molar-refractivity contribution < 1.29 is 22.4 Å². The van der Waals surface area contributed by atoms with E-state index in [2.05, 4.69) is 20.7 Å². The number of hydrogen-bond acceptors (Lipinski definition) is 5. The molecule has 1 heterocycles. The zero-order valence-corrected chi connectivity index (χ0v) is 16.9. The lowest BCUT2D eigenvalue weighted by Crippen LogP contribution is -2.40. The second kappa shape index (κ2) is 8.44. The molecule has 9 nitrogen and oxygen atoms in total. The summed E-state index contributed by atoms with van der Waals surface area (Å²) < 4.78 is 32.2. The molecule has 0 aliphatic carbocycles. The summed E-state index contributed by atoms with van der Waals surface area (Å²) in [6.07, 6.45) is 0. The average Bonchev–Trinajstić information content (AvgIpc) is 3.04. The molecule has 0 saturated carbocycles. The van der Waals surface area contributed by atoms with Crippen molar-refractivity contribution >= 4 is 33.3 Å². The van der Waals surface area contributed by atoms with Crippen LogP contribution in [0.25, 0.3) is 0 Å². The van der Waals surface area contributed by atoms with Gasteiger partial charge >= 0.3 is 6.03 Å². The molecule has 2 aromatic rings. The number of hydrogen-bond donors (Lipinski definition) is 4. The van der Waals surface area contributed by atoms with Gasteiger partial charge < -0.3 is 20.4 Å². The van der Waals surface area contributed by atoms with Gasteiger partial charge in [-0.2, -0.15) is 0 Å². The smallest absolute Gasteiger partial charge is 0.319 e. The first-order valence-electron chi connectivity index (χ1n) is 8.60. The summed E-state index contributed by atoms with van der Waals surface area (Å²) in [5.41, 5.74) is 0.208. The van der Waals surface area contributed by atoms with E-state index >= 15 is 0 Å². The quantitative estimate of drug-likeness (QED) is 0.584. The van der Waals surface area contributed by atoms with Gasteiger partial charge in [0.1, 0.15) is 0 Å². The average molecular weight is 408 g/mol. The third-order valence-corrected chi connectivity index (χ3v) is 4.86. The van der Waals surface area contributed by atoms with Crippen molar-refractivity contribution in [3.05, 3.63) is 42.2 Å². The molecule has 0 spiro atoms. The fourth-order valence-electron chi connectivity index (χ4n) is 2.24. The summed E-state index contributed by atoms with van der Waals surface area (Å²) in [6, 6.07) is 8.65. The summed E-state index contributed by atoms with van der Waals surface area (Å²) in [7, 11) is -3.88. The number of benzene rings is 1. The summed E-state index contributed by atoms with van der Waals surface area (Å²) in [5.74, 6) is -0.774. The van der Waals surface area contributed by atoms with Crippen LogP contribution < -0.4 is 20.7 Å². The Morgan fingerprint density at radius 3 is 2.29 bits per heavy atom. The standard InChI is InChI=1S/C18H24N4O5S/c1-5-19-17(24)21-13-8-6-7-12(11-13)20-16(23)14-9-10-15(27-14)28(25,26)22-18(2,3)4/h6-11,22H,5H2,1-4H3,(H,20,23)(H2,19,21,24). The van der Waals surface area contributed by atoms with E-state index in [9.17, 15) is 18.0 Å². The number of anilines is 2. The van der Waals surface area contributed by atoms with Crippen LogP contribution in [0.1, 0.15) is 38.2 Å². The number of amides is 3. The Morgan fingerprint density at radius 1 is 1.04 bits per heavy atom. The van der Waals surface area contributed by atoms with Gasteiger partial charge in [-0.25, -0.2) is 17.9 Å². The number of sulfonamides is 1. The predicted molar refractivity (Wildman–Crippen MR) is 106 cm³/mol. The molecule has 3 amide bonds. The van der Waals surface area contributed by atoms with Crippen molar-refractivity contribution in [1.82, 2.24) is 10.0 Å². The Morgan fingerprint density at radius 2 is 1.68 bits per heavy atom. The highest BCUT2D eigenvalue weighted by atomic mass is 32.2. The molecule has 1 aromatic heterocycles. The molecular formula is C18H24N4O5S. The Bertz CT molecular complexity index is 960. The molecule has 0 atom stereocenters. The van der Waals surface area contributed by atoms with Crippen LogP contribution in [-0.2, 0) is 10.0 Å². The van der Waals surface area contributed by atoms with Crippen molar-refractivity contribution in [2.24, 2.45) is 0 Å². The first-order valence-corrected chi connectivity index (χ1v) is 10.1. The number of urea groups is 1. The highest BCUT2D eigenvalue weighted by Crippen LogP contribution is 2.19. The molecule has 2 rings (SSSR count). The number of rotatable bonds is 6. The van der Waals surface area contributed by atoms with Crippen LogP contribution in [0.3, 0.4) is 0 Å². The van der Waals surface area contributed by atoms with Crippen LogP contribution in [0.5, 0.6) is 0 Å². The van der Waals surface area contributed by atoms with Crippen molar-refractivity contribution in [2.75, 3.05) is 17.2 Å². The van der Waals surface area contributed by atoms with Gasteiger partial charge in [-0.1, -0.05) is 6.07 Å². The van der Waals surface area contributed by atoms with E-state index < -0.39 is 21.5 Å². The summed E-state index contributed by atoms with van der Waals surface area (Å²) in [4.78, 5) is 23.9. The zero-order chi connectivity index (χ0) is 20.9. The molecule has 0 unspecified atom stereocenters. The van der Waals surface area contributed by atoms with E-state index in [0.717, 1.165) is 0 Å². The van der Waals surface area contributed by atoms with Crippen molar-refractivity contribution in [2.45, 2.75) is 38.3 Å². The lowest BCUT2D eigenvalue weighted by molar-refractivity contribution is 0.0991. The summed E-state index contributed by atoms with van der Waals surface area (Å²) in [5, 5.41) is 7.48. The molecule has 0 radical (unpaired) electrons. The maximum absolute atomic E-state index is 12.4. The Labute approximate surface area is 163 Å². The van der Waals surface area contributed by atoms with Crippen LogP contribution in [0.15, 0.2) is 45.9 Å². The number of nitrogens with one attached hydrogen (secondary N) is 4. The zero-order valence-electron chi connectivity index (χ0n) is 16.1. The fraction of sp³-hybridized carbons (Fsp3) is 0.333. The van der Waals surface area contributed by atoms with Crippen LogP contribution in [-0.4, -0.2) is 32.4 Å². The van der Waals surface area contributed by atoms with Crippen LogP contribution in [0.2, 0.25) is 0 Å². The van der Waals surface area contributed by atoms with Gasteiger partial charge in [0, 0.05) is 23.5 Å². The Hall–Kier alpha value is -2.85.